The van der Waals surface area contributed by atoms with Crippen LogP contribution in [0.4, 0.5) is 4.39 Å². The van der Waals surface area contributed by atoms with Crippen LogP contribution in [0.25, 0.3) is 11.3 Å². The number of aromatic nitrogens is 1. The average molecular weight is 348 g/mol. The van der Waals surface area contributed by atoms with Gasteiger partial charge < -0.3 is 14.5 Å². The third-order valence-corrected chi connectivity index (χ3v) is 3.33. The lowest BCUT2D eigenvalue weighted by atomic mass is 10.2. The minimum Gasteiger partial charge on any atom is -0.453 e. The molecule has 0 radical (unpaired) electrons. The molecule has 2 rings (SSSR count). The second-order valence-electron chi connectivity index (χ2n) is 5.92. The lowest BCUT2D eigenvalue weighted by Gasteiger charge is -2.15. The summed E-state index contributed by atoms with van der Waals surface area (Å²) in [5, 5.41) is 2.67. The number of carbonyl (C=O) groups excluding carboxylic acids is 2. The van der Waals surface area contributed by atoms with Gasteiger partial charge in [-0.15, -0.1) is 0 Å². The van der Waals surface area contributed by atoms with E-state index in [2.05, 4.69) is 10.3 Å². The van der Waals surface area contributed by atoms with E-state index in [1.54, 1.807) is 12.1 Å². The summed E-state index contributed by atoms with van der Waals surface area (Å²) in [5.74, 6) is -0.309. The summed E-state index contributed by atoms with van der Waals surface area (Å²) in [6, 6.07) is 5.81. The van der Waals surface area contributed by atoms with Crippen molar-refractivity contribution < 1.29 is 23.1 Å². The lowest BCUT2D eigenvalue weighted by molar-refractivity contribution is -0.155. The molecule has 1 aromatic heterocycles. The molecular weight excluding hydrogens is 327 g/mol. The van der Waals surface area contributed by atoms with Gasteiger partial charge in [0.05, 0.1) is 12.6 Å². The number of rotatable bonds is 7. The van der Waals surface area contributed by atoms with Crippen molar-refractivity contribution in [3.8, 4) is 11.3 Å². The van der Waals surface area contributed by atoms with Crippen molar-refractivity contribution in [3.05, 3.63) is 42.2 Å². The number of nitrogens with zero attached hydrogens (tertiary/aromatic N) is 1. The van der Waals surface area contributed by atoms with Crippen LogP contribution in [0, 0.1) is 5.82 Å². The molecule has 0 fully saturated rings. The topological polar surface area (TPSA) is 81.4 Å². The molecule has 1 heterocycles. The fourth-order valence-corrected chi connectivity index (χ4v) is 2.09. The highest BCUT2D eigenvalue weighted by atomic mass is 19.1. The minimum atomic E-state index is -0.853. The second kappa shape index (κ2) is 8.41. The first-order valence-corrected chi connectivity index (χ1v) is 8.05. The highest BCUT2D eigenvalue weighted by Crippen LogP contribution is 2.21. The van der Waals surface area contributed by atoms with Gasteiger partial charge in [-0.3, -0.25) is 9.59 Å². The van der Waals surface area contributed by atoms with Gasteiger partial charge in [0.15, 0.2) is 17.8 Å². The number of aryl methyl sites for hydroxylation is 1. The Morgan fingerprint density at radius 1 is 1.24 bits per heavy atom. The Kier molecular flexibility index (Phi) is 6.27. The normalized spacial score (nSPS) is 12.0. The van der Waals surface area contributed by atoms with Crippen molar-refractivity contribution in [2.75, 3.05) is 0 Å². The van der Waals surface area contributed by atoms with Gasteiger partial charge >= 0.3 is 5.97 Å². The molecule has 0 aliphatic heterocycles. The molecular formula is C18H21FN2O4. The number of esters is 1. The highest BCUT2D eigenvalue weighted by Gasteiger charge is 2.18. The van der Waals surface area contributed by atoms with Crippen LogP contribution in [0.1, 0.15) is 33.1 Å². The van der Waals surface area contributed by atoms with Crippen molar-refractivity contribution in [2.24, 2.45) is 0 Å². The Bertz CT molecular complexity index is 725. The van der Waals surface area contributed by atoms with Crippen LogP contribution >= 0.6 is 0 Å². The largest absolute Gasteiger partial charge is 0.453 e. The highest BCUT2D eigenvalue weighted by molar-refractivity contribution is 5.83. The first-order chi connectivity index (χ1) is 11.8. The maximum absolute atomic E-state index is 12.9. The maximum Gasteiger partial charge on any atom is 0.307 e. The number of nitrogens with one attached hydrogen (secondary N) is 1. The minimum absolute atomic E-state index is 0.0224. The van der Waals surface area contributed by atoms with Crippen LogP contribution in [0.5, 0.6) is 0 Å². The zero-order valence-electron chi connectivity index (χ0n) is 14.4. The standard InChI is InChI=1S/C18H21FN2O4/c1-11(2)21-18(23)12(3)24-17(22)9-8-16-20-10-15(25-16)13-4-6-14(19)7-5-13/h4-7,10-12H,8-9H2,1-3H3,(H,21,23). The molecule has 0 bridgehead atoms. The molecule has 0 saturated carbocycles. The van der Waals surface area contributed by atoms with Crippen molar-refractivity contribution in [3.63, 3.8) is 0 Å². The Morgan fingerprint density at radius 2 is 1.92 bits per heavy atom. The number of hydrogen-bond donors (Lipinski definition) is 1. The summed E-state index contributed by atoms with van der Waals surface area (Å²) in [7, 11) is 0. The van der Waals surface area contributed by atoms with E-state index in [9.17, 15) is 14.0 Å². The molecule has 2 aromatic rings. The van der Waals surface area contributed by atoms with E-state index in [1.807, 2.05) is 13.8 Å². The van der Waals surface area contributed by atoms with Gasteiger partial charge in [0, 0.05) is 18.0 Å². The number of oxazole rings is 1. The van der Waals surface area contributed by atoms with E-state index < -0.39 is 12.1 Å². The number of amides is 1. The molecule has 1 atom stereocenters. The van der Waals surface area contributed by atoms with Gasteiger partial charge in [-0.25, -0.2) is 9.37 Å². The summed E-state index contributed by atoms with van der Waals surface area (Å²) in [6.45, 7) is 5.18. The average Bonchev–Trinajstić information content (AvgIpc) is 3.02. The molecule has 0 aliphatic rings. The quantitative estimate of drug-likeness (QED) is 0.778. The van der Waals surface area contributed by atoms with Gasteiger partial charge in [0.2, 0.25) is 0 Å². The molecule has 0 spiro atoms. The fraction of sp³-hybridized carbons (Fsp3) is 0.389. The van der Waals surface area contributed by atoms with Crippen LogP contribution in [0.15, 0.2) is 34.9 Å². The molecule has 0 saturated heterocycles. The fourth-order valence-electron chi connectivity index (χ4n) is 2.09. The first kappa shape index (κ1) is 18.6. The molecule has 25 heavy (non-hydrogen) atoms. The van der Waals surface area contributed by atoms with Gasteiger partial charge in [-0.2, -0.15) is 0 Å². The molecule has 1 aromatic carbocycles. The van der Waals surface area contributed by atoms with Crippen LogP contribution in [0.3, 0.4) is 0 Å². The van der Waals surface area contributed by atoms with Gasteiger partial charge in [-0.05, 0) is 45.0 Å². The van der Waals surface area contributed by atoms with E-state index in [1.165, 1.54) is 25.3 Å². The zero-order valence-corrected chi connectivity index (χ0v) is 14.4. The summed E-state index contributed by atoms with van der Waals surface area (Å²) < 4.78 is 23.5. The molecule has 134 valence electrons. The SMILES string of the molecule is CC(C)NC(=O)C(C)OC(=O)CCc1ncc(-c2ccc(F)cc2)o1. The van der Waals surface area contributed by atoms with Crippen molar-refractivity contribution >= 4 is 11.9 Å². The van der Waals surface area contributed by atoms with E-state index in [-0.39, 0.29) is 30.6 Å². The zero-order chi connectivity index (χ0) is 18.4. The summed E-state index contributed by atoms with van der Waals surface area (Å²) in [4.78, 5) is 27.6. The van der Waals surface area contributed by atoms with E-state index in [0.29, 0.717) is 17.2 Å². The van der Waals surface area contributed by atoms with Crippen LogP contribution in [0.2, 0.25) is 0 Å². The summed E-state index contributed by atoms with van der Waals surface area (Å²) in [6.07, 6.45) is 0.961. The number of benzene rings is 1. The summed E-state index contributed by atoms with van der Waals surface area (Å²) >= 11 is 0. The lowest BCUT2D eigenvalue weighted by Crippen LogP contribution is -2.39. The Morgan fingerprint density at radius 3 is 2.56 bits per heavy atom. The Labute approximate surface area is 145 Å². The number of ether oxygens (including phenoxy) is 1. The Balaban J connectivity index is 1.84. The Hall–Kier alpha value is -2.70. The first-order valence-electron chi connectivity index (χ1n) is 8.05. The molecule has 6 nitrogen and oxygen atoms in total. The van der Waals surface area contributed by atoms with Crippen LogP contribution in [-0.2, 0) is 20.7 Å². The maximum atomic E-state index is 12.9. The third-order valence-electron chi connectivity index (χ3n) is 3.33. The predicted molar refractivity (Wildman–Crippen MR) is 89.1 cm³/mol. The van der Waals surface area contributed by atoms with Crippen LogP contribution in [-0.4, -0.2) is 29.0 Å². The smallest absolute Gasteiger partial charge is 0.307 e. The molecule has 1 N–H and O–H groups in total. The van der Waals surface area contributed by atoms with E-state index >= 15 is 0 Å². The van der Waals surface area contributed by atoms with E-state index in [4.69, 9.17) is 9.15 Å². The van der Waals surface area contributed by atoms with Crippen molar-refractivity contribution in [1.29, 1.82) is 0 Å². The predicted octanol–water partition coefficient (Wildman–Crippen LogP) is 2.87. The third kappa shape index (κ3) is 5.70. The molecule has 0 aliphatic carbocycles. The second-order valence-corrected chi connectivity index (χ2v) is 5.92. The molecule has 1 amide bonds. The number of halogens is 1. The van der Waals surface area contributed by atoms with Gasteiger partial charge in [0.25, 0.3) is 5.91 Å². The van der Waals surface area contributed by atoms with Crippen molar-refractivity contribution in [1.82, 2.24) is 10.3 Å². The van der Waals surface area contributed by atoms with Gasteiger partial charge in [-0.1, -0.05) is 0 Å². The molecule has 7 heteroatoms. The van der Waals surface area contributed by atoms with Gasteiger partial charge in [0.1, 0.15) is 5.82 Å². The monoisotopic (exact) mass is 348 g/mol. The number of carbonyl (C=O) groups is 2. The van der Waals surface area contributed by atoms with E-state index in [0.717, 1.165) is 0 Å². The summed E-state index contributed by atoms with van der Waals surface area (Å²) in [5.41, 5.74) is 0.696. The van der Waals surface area contributed by atoms with Crippen molar-refractivity contribution in [2.45, 2.75) is 45.8 Å². The molecule has 1 unspecified atom stereocenters. The van der Waals surface area contributed by atoms with Crippen LogP contribution < -0.4 is 5.32 Å². The number of hydrogen-bond acceptors (Lipinski definition) is 5.